The van der Waals surface area contributed by atoms with E-state index in [0.29, 0.717) is 11.9 Å². The van der Waals surface area contributed by atoms with Crippen LogP contribution < -0.4 is 5.73 Å². The van der Waals surface area contributed by atoms with E-state index in [2.05, 4.69) is 35.1 Å². The molecule has 0 aromatic carbocycles. The maximum atomic E-state index is 9.44. The summed E-state index contributed by atoms with van der Waals surface area (Å²) in [6, 6.07) is 0. The van der Waals surface area contributed by atoms with Gasteiger partial charge in [-0.2, -0.15) is 0 Å². The highest BCUT2D eigenvalue weighted by Gasteiger charge is 2.19. The lowest BCUT2D eigenvalue weighted by atomic mass is 9.92. The minimum absolute atomic E-state index is 0.0293. The van der Waals surface area contributed by atoms with E-state index < -0.39 is 0 Å². The lowest BCUT2D eigenvalue weighted by Gasteiger charge is -2.15. The molecule has 3 N–H and O–H groups in total. The second kappa shape index (κ2) is 5.00. The average molecular weight is 287 g/mol. The Morgan fingerprint density at radius 1 is 1.45 bits per heavy atom. The second-order valence-electron chi connectivity index (χ2n) is 5.18. The van der Waals surface area contributed by atoms with Crippen LogP contribution in [0.4, 0.5) is 5.95 Å². The minimum atomic E-state index is 0.0293. The van der Waals surface area contributed by atoms with Gasteiger partial charge in [0.25, 0.3) is 0 Å². The van der Waals surface area contributed by atoms with Crippen molar-refractivity contribution in [1.29, 1.82) is 0 Å². The number of aryl methyl sites for hydroxylation is 1. The van der Waals surface area contributed by atoms with Crippen molar-refractivity contribution in [2.45, 2.75) is 26.9 Å². The van der Waals surface area contributed by atoms with Crippen LogP contribution in [0.5, 0.6) is 0 Å². The summed E-state index contributed by atoms with van der Waals surface area (Å²) < 4.78 is 0. The van der Waals surface area contributed by atoms with Crippen molar-refractivity contribution in [3.8, 4) is 0 Å². The van der Waals surface area contributed by atoms with E-state index in [1.54, 1.807) is 0 Å². The molecule has 0 radical (unpaired) electrons. The van der Waals surface area contributed by atoms with Crippen LogP contribution in [0.2, 0.25) is 0 Å². The molecule has 3 rings (SSSR count). The summed E-state index contributed by atoms with van der Waals surface area (Å²) in [5, 5.41) is 10.5. The molecular formula is C15H17N3OS. The number of allylic oxidation sites excluding steroid dienone is 4. The fraction of sp³-hybridized carbons (Fsp3) is 0.333. The normalized spacial score (nSPS) is 18.6. The summed E-state index contributed by atoms with van der Waals surface area (Å²) in [5.74, 6) is 0.791. The van der Waals surface area contributed by atoms with E-state index in [9.17, 15) is 5.11 Å². The second-order valence-corrected chi connectivity index (χ2v) is 6.26. The van der Waals surface area contributed by atoms with Crippen molar-refractivity contribution in [2.75, 3.05) is 5.73 Å². The monoisotopic (exact) mass is 287 g/mol. The lowest BCUT2D eigenvalue weighted by molar-refractivity contribution is 0.285. The van der Waals surface area contributed by atoms with Gasteiger partial charge in [0.15, 0.2) is 0 Å². The molecule has 104 valence electrons. The first-order valence-electron chi connectivity index (χ1n) is 6.64. The Bertz CT molecular complexity index is 730. The summed E-state index contributed by atoms with van der Waals surface area (Å²) in [7, 11) is 0. The summed E-state index contributed by atoms with van der Waals surface area (Å²) >= 11 is 1.49. The fourth-order valence-corrected chi connectivity index (χ4v) is 3.65. The smallest absolute Gasteiger partial charge is 0.221 e. The molecule has 5 heteroatoms. The molecule has 0 bridgehead atoms. The highest BCUT2D eigenvalue weighted by Crippen LogP contribution is 2.37. The van der Waals surface area contributed by atoms with Gasteiger partial charge in [-0.15, -0.1) is 11.3 Å². The average Bonchev–Trinajstić information content (AvgIpc) is 2.74. The summed E-state index contributed by atoms with van der Waals surface area (Å²) in [5.41, 5.74) is 9.00. The third kappa shape index (κ3) is 2.13. The van der Waals surface area contributed by atoms with Gasteiger partial charge in [-0.3, -0.25) is 0 Å². The van der Waals surface area contributed by atoms with Crippen molar-refractivity contribution in [2.24, 2.45) is 5.92 Å². The first-order valence-corrected chi connectivity index (χ1v) is 7.46. The maximum absolute atomic E-state index is 9.44. The first-order chi connectivity index (χ1) is 9.60. The number of nitrogen functional groups attached to an aromatic ring is 1. The van der Waals surface area contributed by atoms with Crippen molar-refractivity contribution >= 4 is 33.1 Å². The number of hydrogen-bond acceptors (Lipinski definition) is 5. The number of aliphatic hydroxyl groups excluding tert-OH is 1. The summed E-state index contributed by atoms with van der Waals surface area (Å²) in [4.78, 5) is 10.6. The highest BCUT2D eigenvalue weighted by molar-refractivity contribution is 7.18. The number of fused-ring (bicyclic) bond motifs is 1. The number of rotatable bonds is 2. The number of nitrogens with two attached hydrogens (primary N) is 1. The number of anilines is 1. The van der Waals surface area contributed by atoms with Gasteiger partial charge in [0, 0.05) is 10.3 Å². The van der Waals surface area contributed by atoms with Gasteiger partial charge in [-0.1, -0.05) is 25.2 Å². The molecule has 2 heterocycles. The van der Waals surface area contributed by atoms with Gasteiger partial charge in [-0.05, 0) is 30.4 Å². The summed E-state index contributed by atoms with van der Waals surface area (Å²) in [6.07, 6.45) is 7.30. The zero-order valence-electron chi connectivity index (χ0n) is 11.6. The first kappa shape index (κ1) is 13.3. The third-order valence-electron chi connectivity index (χ3n) is 3.63. The molecule has 0 aliphatic heterocycles. The molecule has 1 aliphatic rings. The predicted octanol–water partition coefficient (Wildman–Crippen LogP) is 3.05. The largest absolute Gasteiger partial charge is 0.391 e. The SMILES string of the molecule is Cc1c(CO)sc2nc(N)nc(C3=CC=CC(C)C3)c12. The van der Waals surface area contributed by atoms with Crippen molar-refractivity contribution in [3.63, 3.8) is 0 Å². The zero-order valence-corrected chi connectivity index (χ0v) is 12.4. The molecule has 0 saturated carbocycles. The van der Waals surface area contributed by atoms with Crippen LogP contribution in [0.3, 0.4) is 0 Å². The van der Waals surface area contributed by atoms with Gasteiger partial charge in [0.05, 0.1) is 12.3 Å². The Hall–Kier alpha value is -1.72. The molecule has 2 aromatic rings. The Balaban J connectivity index is 2.26. The van der Waals surface area contributed by atoms with Crippen molar-refractivity contribution in [1.82, 2.24) is 9.97 Å². The lowest BCUT2D eigenvalue weighted by Crippen LogP contribution is -2.03. The number of thiophene rings is 1. The predicted molar refractivity (Wildman–Crippen MR) is 83.4 cm³/mol. The van der Waals surface area contributed by atoms with E-state index in [0.717, 1.165) is 32.8 Å². The van der Waals surface area contributed by atoms with E-state index in [1.807, 2.05) is 6.92 Å². The number of aromatic nitrogens is 2. The molecule has 0 saturated heterocycles. The number of aliphatic hydroxyl groups is 1. The fourth-order valence-electron chi connectivity index (χ4n) is 2.60. The Morgan fingerprint density at radius 3 is 2.95 bits per heavy atom. The van der Waals surface area contributed by atoms with Crippen LogP contribution in [-0.4, -0.2) is 15.1 Å². The van der Waals surface area contributed by atoms with E-state index in [-0.39, 0.29) is 6.61 Å². The molecule has 4 nitrogen and oxygen atoms in total. The quantitative estimate of drug-likeness (QED) is 0.890. The molecule has 0 fully saturated rings. The van der Waals surface area contributed by atoms with E-state index in [1.165, 1.54) is 16.9 Å². The Kier molecular flexibility index (Phi) is 3.31. The molecular weight excluding hydrogens is 270 g/mol. The zero-order chi connectivity index (χ0) is 14.3. The van der Waals surface area contributed by atoms with Crippen molar-refractivity contribution in [3.05, 3.63) is 34.4 Å². The Labute approximate surface area is 121 Å². The van der Waals surface area contributed by atoms with Crippen LogP contribution in [0.15, 0.2) is 18.2 Å². The van der Waals surface area contributed by atoms with E-state index >= 15 is 0 Å². The highest BCUT2D eigenvalue weighted by atomic mass is 32.1. The topological polar surface area (TPSA) is 72.0 Å². The molecule has 0 spiro atoms. The maximum Gasteiger partial charge on any atom is 0.221 e. The molecule has 0 amide bonds. The number of hydrogen-bond donors (Lipinski definition) is 2. The van der Waals surface area contributed by atoms with Crippen LogP contribution >= 0.6 is 11.3 Å². The minimum Gasteiger partial charge on any atom is -0.391 e. The Morgan fingerprint density at radius 2 is 2.25 bits per heavy atom. The molecule has 1 aliphatic carbocycles. The molecule has 1 unspecified atom stereocenters. The molecule has 2 aromatic heterocycles. The van der Waals surface area contributed by atoms with Crippen LogP contribution in [0.25, 0.3) is 15.8 Å². The van der Waals surface area contributed by atoms with Gasteiger partial charge in [0.1, 0.15) is 4.83 Å². The standard InChI is InChI=1S/C15H17N3OS/c1-8-4-3-5-10(6-8)13-12-9(2)11(7-19)20-14(12)18-15(16)17-13/h3-5,8,19H,6-7H2,1-2H3,(H2,16,17,18). The summed E-state index contributed by atoms with van der Waals surface area (Å²) in [6.45, 7) is 4.22. The van der Waals surface area contributed by atoms with Gasteiger partial charge >= 0.3 is 0 Å². The van der Waals surface area contributed by atoms with Crippen LogP contribution in [0, 0.1) is 12.8 Å². The number of nitrogens with zero attached hydrogens (tertiary/aromatic N) is 2. The van der Waals surface area contributed by atoms with Crippen molar-refractivity contribution < 1.29 is 5.11 Å². The van der Waals surface area contributed by atoms with Gasteiger partial charge in [-0.25, -0.2) is 9.97 Å². The molecule has 20 heavy (non-hydrogen) atoms. The van der Waals surface area contributed by atoms with E-state index in [4.69, 9.17) is 5.73 Å². The molecule has 1 atom stereocenters. The van der Waals surface area contributed by atoms with Crippen LogP contribution in [0.1, 0.15) is 29.5 Å². The van der Waals surface area contributed by atoms with Gasteiger partial charge in [0.2, 0.25) is 5.95 Å². The van der Waals surface area contributed by atoms with Gasteiger partial charge < -0.3 is 10.8 Å². The third-order valence-corrected chi connectivity index (χ3v) is 4.80. The van der Waals surface area contributed by atoms with Crippen LogP contribution in [-0.2, 0) is 6.61 Å².